The number of aromatic nitrogens is 1. The third kappa shape index (κ3) is 5.65. The van der Waals surface area contributed by atoms with Gasteiger partial charge in [0.25, 0.3) is 0 Å². The molecule has 3 atom stereocenters. The van der Waals surface area contributed by atoms with Crippen LogP contribution in [0.25, 0.3) is 10.9 Å². The number of hydrogen-bond acceptors (Lipinski definition) is 5. The molecular formula is C32H46N4O3. The lowest BCUT2D eigenvalue weighted by atomic mass is 9.96. The Morgan fingerprint density at radius 1 is 1.13 bits per heavy atom. The molecule has 1 amide bonds. The summed E-state index contributed by atoms with van der Waals surface area (Å²) in [5.41, 5.74) is 3.91. The number of nitrogens with zero attached hydrogens (tertiary/aromatic N) is 2. The molecule has 3 aliphatic rings. The molecule has 1 aromatic carbocycles. The zero-order chi connectivity index (χ0) is 27.7. The maximum atomic E-state index is 14.0. The number of amides is 1. The van der Waals surface area contributed by atoms with Crippen LogP contribution in [0.15, 0.2) is 18.3 Å². The van der Waals surface area contributed by atoms with Crippen molar-refractivity contribution in [3.63, 3.8) is 0 Å². The van der Waals surface area contributed by atoms with E-state index in [1.165, 1.54) is 24.8 Å². The topological polar surface area (TPSA) is 83.4 Å². The second-order valence-electron chi connectivity index (χ2n) is 12.7. The minimum Gasteiger partial charge on any atom is -0.385 e. The van der Waals surface area contributed by atoms with Crippen LogP contribution in [-0.2, 0) is 22.6 Å². The van der Waals surface area contributed by atoms with Crippen LogP contribution < -0.4 is 10.6 Å². The normalized spacial score (nSPS) is 26.0. The van der Waals surface area contributed by atoms with E-state index in [0.29, 0.717) is 17.9 Å². The van der Waals surface area contributed by atoms with Gasteiger partial charge in [0.05, 0.1) is 11.6 Å². The lowest BCUT2D eigenvalue weighted by molar-refractivity contribution is -0.139. The number of piperidine rings is 1. The number of Topliss-reactive ketones (excluding diaryl/α,β-unsaturated/α-hetero) is 2. The quantitative estimate of drug-likeness (QED) is 0.489. The zero-order valence-corrected chi connectivity index (χ0v) is 24.3. The fraction of sp³-hybridized carbons (Fsp3) is 0.656. The summed E-state index contributed by atoms with van der Waals surface area (Å²) in [6, 6.07) is 4.10. The number of anilines is 1. The SMILES string of the molecule is CCC(=O)[C@@H]1C[C@]23CNCCCCCCCc4cc(NCC(C)C)cc5c(C(C)=O)cn(c45)CC(=O)N1[C@@H]2C3. The van der Waals surface area contributed by atoms with Crippen molar-refractivity contribution in [1.82, 2.24) is 14.8 Å². The van der Waals surface area contributed by atoms with Crippen molar-refractivity contribution in [3.05, 3.63) is 29.5 Å². The van der Waals surface area contributed by atoms with Crippen LogP contribution in [0.3, 0.4) is 0 Å². The molecule has 7 heteroatoms. The Morgan fingerprint density at radius 2 is 1.90 bits per heavy atom. The molecule has 2 aromatic rings. The van der Waals surface area contributed by atoms with E-state index in [0.717, 1.165) is 68.3 Å². The Kier molecular flexibility index (Phi) is 8.18. The highest BCUT2D eigenvalue weighted by Crippen LogP contribution is 2.59. The lowest BCUT2D eigenvalue weighted by Crippen LogP contribution is -2.44. The van der Waals surface area contributed by atoms with Crippen LogP contribution in [0.2, 0.25) is 0 Å². The highest BCUT2D eigenvalue weighted by atomic mass is 16.2. The molecule has 2 aliphatic heterocycles. The molecule has 5 rings (SSSR count). The number of rotatable bonds is 6. The molecule has 1 saturated heterocycles. The number of carbonyl (C=O) groups is 3. The fourth-order valence-electron chi connectivity index (χ4n) is 6.96. The van der Waals surface area contributed by atoms with Crippen LogP contribution in [0.4, 0.5) is 5.69 Å². The lowest BCUT2D eigenvalue weighted by Gasteiger charge is -2.27. The Labute approximate surface area is 233 Å². The van der Waals surface area contributed by atoms with Gasteiger partial charge in [0.15, 0.2) is 11.6 Å². The zero-order valence-electron chi connectivity index (χ0n) is 24.3. The van der Waals surface area contributed by atoms with Crippen LogP contribution in [0.1, 0.15) is 95.0 Å². The first kappa shape index (κ1) is 27.9. The van der Waals surface area contributed by atoms with Gasteiger partial charge in [0, 0.05) is 53.8 Å². The predicted octanol–water partition coefficient (Wildman–Crippen LogP) is 5.35. The maximum Gasteiger partial charge on any atom is 0.243 e. The molecule has 2 fully saturated rings. The molecule has 2 bridgehead atoms. The van der Waals surface area contributed by atoms with Gasteiger partial charge in [0.1, 0.15) is 6.54 Å². The third-order valence-electron chi connectivity index (χ3n) is 9.15. The molecule has 0 unspecified atom stereocenters. The second kappa shape index (κ2) is 11.4. The molecule has 3 heterocycles. The molecule has 2 N–H and O–H groups in total. The van der Waals surface area contributed by atoms with Gasteiger partial charge in [-0.05, 0) is 69.2 Å². The van der Waals surface area contributed by atoms with Crippen LogP contribution in [-0.4, -0.2) is 58.7 Å². The summed E-state index contributed by atoms with van der Waals surface area (Å²) < 4.78 is 2.00. The van der Waals surface area contributed by atoms with Gasteiger partial charge in [-0.2, -0.15) is 0 Å². The summed E-state index contributed by atoms with van der Waals surface area (Å²) in [7, 11) is 0. The first-order valence-corrected chi connectivity index (χ1v) is 15.2. The average Bonchev–Trinajstić information content (AvgIpc) is 3.31. The van der Waals surface area contributed by atoms with Crippen LogP contribution in [0, 0.1) is 11.3 Å². The summed E-state index contributed by atoms with van der Waals surface area (Å²) in [6.45, 7) is 10.8. The highest BCUT2D eigenvalue weighted by Gasteiger charge is 2.66. The largest absolute Gasteiger partial charge is 0.385 e. The highest BCUT2D eigenvalue weighted by molar-refractivity contribution is 6.09. The van der Waals surface area contributed by atoms with Crippen molar-refractivity contribution >= 4 is 34.1 Å². The van der Waals surface area contributed by atoms with Crippen molar-refractivity contribution in [2.45, 2.75) is 104 Å². The first-order chi connectivity index (χ1) is 18.7. The van der Waals surface area contributed by atoms with Crippen LogP contribution >= 0.6 is 0 Å². The first-order valence-electron chi connectivity index (χ1n) is 15.2. The minimum atomic E-state index is -0.331. The van der Waals surface area contributed by atoms with Gasteiger partial charge >= 0.3 is 0 Å². The van der Waals surface area contributed by atoms with Gasteiger partial charge in [-0.15, -0.1) is 0 Å². The number of carbonyl (C=O) groups excluding carboxylic acids is 3. The standard InChI is InChI=1S/C32H46N4O3/c1-5-28(38)27-15-32-16-29(32)36(27)30(39)19-35-18-26(22(4)37)25-14-24(34-17-21(2)3)13-23(31(25)35)11-9-7-6-8-10-12-33-20-32/h13-14,18,21,27,29,33-34H,5-12,15-17,19-20H2,1-4H3/t27-,29+,32-/m0/s1. The number of hydrogen-bond donors (Lipinski definition) is 2. The molecule has 212 valence electrons. The molecular weight excluding hydrogens is 488 g/mol. The van der Waals surface area contributed by atoms with Gasteiger partial charge in [-0.3, -0.25) is 14.4 Å². The predicted molar refractivity (Wildman–Crippen MR) is 156 cm³/mol. The molecule has 7 nitrogen and oxygen atoms in total. The molecule has 0 spiro atoms. The molecule has 0 radical (unpaired) electrons. The summed E-state index contributed by atoms with van der Waals surface area (Å²) in [6.07, 6.45) is 10.8. The summed E-state index contributed by atoms with van der Waals surface area (Å²) in [4.78, 5) is 41.7. The van der Waals surface area contributed by atoms with E-state index in [-0.39, 0.29) is 41.5 Å². The number of nitrogens with one attached hydrogen (secondary N) is 2. The van der Waals surface area contributed by atoms with Crippen molar-refractivity contribution < 1.29 is 14.4 Å². The third-order valence-corrected chi connectivity index (χ3v) is 9.15. The van der Waals surface area contributed by atoms with Crippen molar-refractivity contribution in [2.24, 2.45) is 11.3 Å². The van der Waals surface area contributed by atoms with Crippen LogP contribution in [0.5, 0.6) is 0 Å². The van der Waals surface area contributed by atoms with Gasteiger partial charge in [-0.1, -0.05) is 40.0 Å². The smallest absolute Gasteiger partial charge is 0.243 e. The number of benzene rings is 1. The summed E-state index contributed by atoms with van der Waals surface area (Å²) in [5.74, 6) is 0.667. The van der Waals surface area contributed by atoms with Gasteiger partial charge < -0.3 is 20.1 Å². The van der Waals surface area contributed by atoms with Crippen molar-refractivity contribution in [2.75, 3.05) is 25.0 Å². The van der Waals surface area contributed by atoms with E-state index in [1.807, 2.05) is 22.6 Å². The van der Waals surface area contributed by atoms with E-state index in [9.17, 15) is 14.4 Å². The molecule has 39 heavy (non-hydrogen) atoms. The number of ketones is 2. The van der Waals surface area contributed by atoms with Gasteiger partial charge in [-0.25, -0.2) is 0 Å². The van der Waals surface area contributed by atoms with E-state index < -0.39 is 0 Å². The molecule has 1 aliphatic carbocycles. The average molecular weight is 535 g/mol. The second-order valence-corrected chi connectivity index (χ2v) is 12.7. The maximum absolute atomic E-state index is 14.0. The fourth-order valence-corrected chi connectivity index (χ4v) is 6.96. The van der Waals surface area contributed by atoms with Crippen molar-refractivity contribution in [3.8, 4) is 0 Å². The Bertz CT molecular complexity index is 1250. The summed E-state index contributed by atoms with van der Waals surface area (Å²) >= 11 is 0. The Balaban J connectivity index is 1.55. The monoisotopic (exact) mass is 534 g/mol. The van der Waals surface area contributed by atoms with E-state index in [2.05, 4.69) is 36.6 Å². The molecule has 1 aromatic heterocycles. The Morgan fingerprint density at radius 3 is 2.64 bits per heavy atom. The van der Waals surface area contributed by atoms with E-state index in [1.54, 1.807) is 6.92 Å². The Hall–Kier alpha value is -2.67. The summed E-state index contributed by atoms with van der Waals surface area (Å²) in [5, 5.41) is 8.14. The van der Waals surface area contributed by atoms with E-state index in [4.69, 9.17) is 0 Å². The van der Waals surface area contributed by atoms with Gasteiger partial charge in [0.2, 0.25) is 5.91 Å². The minimum absolute atomic E-state index is 0.00421. The molecule has 1 saturated carbocycles. The van der Waals surface area contributed by atoms with E-state index >= 15 is 0 Å². The van der Waals surface area contributed by atoms with Crippen molar-refractivity contribution in [1.29, 1.82) is 0 Å². The number of aryl methyl sites for hydroxylation is 1.